The summed E-state index contributed by atoms with van der Waals surface area (Å²) in [7, 11) is 0. The Hall–Kier alpha value is -2.80. The van der Waals surface area contributed by atoms with Gasteiger partial charge in [-0.25, -0.2) is 9.67 Å². The van der Waals surface area contributed by atoms with Crippen molar-refractivity contribution in [3.63, 3.8) is 0 Å². The lowest BCUT2D eigenvalue weighted by molar-refractivity contribution is 0.101. The van der Waals surface area contributed by atoms with Gasteiger partial charge in [-0.05, 0) is 23.5 Å². The molecule has 0 unspecified atom stereocenters. The molecular formula is C22H26N4O2S. The van der Waals surface area contributed by atoms with Crippen LogP contribution in [0.15, 0.2) is 46.6 Å². The first-order chi connectivity index (χ1) is 13.8. The van der Waals surface area contributed by atoms with Gasteiger partial charge in [-0.2, -0.15) is 5.10 Å². The Kier molecular flexibility index (Phi) is 6.27. The van der Waals surface area contributed by atoms with Crippen LogP contribution >= 0.6 is 11.3 Å². The number of aromatic nitrogens is 3. The summed E-state index contributed by atoms with van der Waals surface area (Å²) >= 11 is 1.36. The van der Waals surface area contributed by atoms with E-state index in [2.05, 4.69) is 48.3 Å². The number of rotatable bonds is 6. The second-order valence-corrected chi connectivity index (χ2v) is 8.81. The van der Waals surface area contributed by atoms with Gasteiger partial charge >= 0.3 is 0 Å². The highest BCUT2D eigenvalue weighted by Gasteiger charge is 2.15. The number of hydrogen-bond donors (Lipinski definition) is 1. The van der Waals surface area contributed by atoms with Gasteiger partial charge in [0.05, 0.1) is 5.69 Å². The van der Waals surface area contributed by atoms with Crippen molar-refractivity contribution >= 4 is 22.4 Å². The summed E-state index contributed by atoms with van der Waals surface area (Å²) in [5, 5.41) is 9.36. The minimum Gasteiger partial charge on any atom is -0.296 e. The maximum atomic E-state index is 12.5. The van der Waals surface area contributed by atoms with Crippen LogP contribution in [0.25, 0.3) is 11.3 Å². The highest BCUT2D eigenvalue weighted by molar-refractivity contribution is 7.14. The average molecular weight is 411 g/mol. The van der Waals surface area contributed by atoms with E-state index in [1.54, 1.807) is 0 Å². The van der Waals surface area contributed by atoms with E-state index in [0.717, 1.165) is 24.1 Å². The quantitative estimate of drug-likeness (QED) is 0.638. The van der Waals surface area contributed by atoms with Gasteiger partial charge < -0.3 is 0 Å². The Morgan fingerprint density at radius 3 is 2.52 bits per heavy atom. The molecule has 3 aromatic rings. The number of amides is 1. The largest absolute Gasteiger partial charge is 0.296 e. The lowest BCUT2D eigenvalue weighted by Crippen LogP contribution is -2.26. The number of nitrogens with one attached hydrogen (secondary N) is 1. The van der Waals surface area contributed by atoms with Gasteiger partial charge in [0.2, 0.25) is 0 Å². The fraction of sp³-hybridized carbons (Fsp3) is 0.364. The molecule has 29 heavy (non-hydrogen) atoms. The van der Waals surface area contributed by atoms with Gasteiger partial charge in [-0.15, -0.1) is 11.3 Å². The SMILES string of the molecule is CCCCn1nc(C(=O)Nc2nc(-c3ccc(C(C)(C)C)cc3)cs2)ccc1=O. The van der Waals surface area contributed by atoms with E-state index in [1.165, 1.54) is 33.7 Å². The van der Waals surface area contributed by atoms with Crippen LogP contribution in [0.2, 0.25) is 0 Å². The molecule has 0 aliphatic heterocycles. The van der Waals surface area contributed by atoms with E-state index in [-0.39, 0.29) is 22.6 Å². The minimum absolute atomic E-state index is 0.0976. The number of nitrogens with zero attached hydrogens (tertiary/aromatic N) is 3. The second kappa shape index (κ2) is 8.69. The van der Waals surface area contributed by atoms with Crippen molar-refractivity contribution in [2.24, 2.45) is 0 Å². The number of aryl methyl sites for hydroxylation is 1. The van der Waals surface area contributed by atoms with E-state index in [9.17, 15) is 9.59 Å². The number of carbonyl (C=O) groups excluding carboxylic acids is 1. The van der Waals surface area contributed by atoms with Crippen molar-refractivity contribution in [2.45, 2.75) is 52.5 Å². The first kappa shape index (κ1) is 20.9. The maximum Gasteiger partial charge on any atom is 0.277 e. The molecule has 0 bridgehead atoms. The summed E-state index contributed by atoms with van der Waals surface area (Å²) in [4.78, 5) is 28.9. The van der Waals surface area contributed by atoms with E-state index in [4.69, 9.17) is 0 Å². The summed E-state index contributed by atoms with van der Waals surface area (Å²) in [6.07, 6.45) is 1.78. The summed E-state index contributed by atoms with van der Waals surface area (Å²) in [5.41, 5.74) is 3.17. The molecule has 0 saturated heterocycles. The van der Waals surface area contributed by atoms with Crippen molar-refractivity contribution in [1.29, 1.82) is 0 Å². The Morgan fingerprint density at radius 2 is 1.86 bits per heavy atom. The zero-order valence-corrected chi connectivity index (χ0v) is 18.0. The van der Waals surface area contributed by atoms with Gasteiger partial charge in [0.25, 0.3) is 11.5 Å². The molecule has 0 aliphatic rings. The standard InChI is InChI=1S/C22H26N4O2S/c1-5-6-13-26-19(27)12-11-17(25-26)20(28)24-21-23-18(14-29-21)15-7-9-16(10-8-15)22(2,3)4/h7-12,14H,5-6,13H2,1-4H3,(H,23,24,28). The molecule has 2 aromatic heterocycles. The third-order valence-corrected chi connectivity index (χ3v) is 5.35. The summed E-state index contributed by atoms with van der Waals surface area (Å²) in [6, 6.07) is 11.1. The molecule has 0 radical (unpaired) electrons. The van der Waals surface area contributed by atoms with Crippen LogP contribution in [-0.4, -0.2) is 20.7 Å². The number of hydrogen-bond acceptors (Lipinski definition) is 5. The molecular weight excluding hydrogens is 384 g/mol. The van der Waals surface area contributed by atoms with Crippen LogP contribution in [0.5, 0.6) is 0 Å². The van der Waals surface area contributed by atoms with Crippen LogP contribution < -0.4 is 10.9 Å². The second-order valence-electron chi connectivity index (χ2n) is 7.95. The third-order valence-electron chi connectivity index (χ3n) is 4.59. The van der Waals surface area contributed by atoms with Crippen molar-refractivity contribution < 1.29 is 4.79 Å². The van der Waals surface area contributed by atoms with Crippen LogP contribution in [0.1, 0.15) is 56.6 Å². The van der Waals surface area contributed by atoms with Gasteiger partial charge in [0, 0.05) is 23.6 Å². The number of anilines is 1. The van der Waals surface area contributed by atoms with Crippen molar-refractivity contribution in [3.05, 3.63) is 63.4 Å². The molecule has 7 heteroatoms. The summed E-state index contributed by atoms with van der Waals surface area (Å²) in [6.45, 7) is 9.08. The van der Waals surface area contributed by atoms with E-state index >= 15 is 0 Å². The molecule has 0 aliphatic carbocycles. The molecule has 0 atom stereocenters. The minimum atomic E-state index is -0.376. The normalized spacial score (nSPS) is 11.4. The molecule has 1 N–H and O–H groups in total. The highest BCUT2D eigenvalue weighted by atomic mass is 32.1. The number of thiazole rings is 1. The summed E-state index contributed by atoms with van der Waals surface area (Å²) in [5.74, 6) is -0.376. The van der Waals surface area contributed by atoms with Gasteiger partial charge in [-0.1, -0.05) is 58.4 Å². The van der Waals surface area contributed by atoms with Crippen LogP contribution in [0, 0.1) is 0 Å². The molecule has 6 nitrogen and oxygen atoms in total. The van der Waals surface area contributed by atoms with E-state index in [1.807, 2.05) is 24.4 Å². The van der Waals surface area contributed by atoms with Gasteiger partial charge in [0.1, 0.15) is 5.69 Å². The van der Waals surface area contributed by atoms with Crippen molar-refractivity contribution in [2.75, 3.05) is 5.32 Å². The van der Waals surface area contributed by atoms with Crippen LogP contribution in [0.3, 0.4) is 0 Å². The molecule has 0 spiro atoms. The Labute approximate surface area is 174 Å². The average Bonchev–Trinajstić information content (AvgIpc) is 3.15. The fourth-order valence-electron chi connectivity index (χ4n) is 2.80. The number of carbonyl (C=O) groups is 1. The topological polar surface area (TPSA) is 76.9 Å². The molecule has 0 fully saturated rings. The number of unbranched alkanes of at least 4 members (excludes halogenated alkanes) is 1. The number of benzene rings is 1. The smallest absolute Gasteiger partial charge is 0.277 e. The first-order valence-electron chi connectivity index (χ1n) is 9.74. The monoisotopic (exact) mass is 410 g/mol. The van der Waals surface area contributed by atoms with Crippen molar-refractivity contribution in [3.8, 4) is 11.3 Å². The fourth-order valence-corrected chi connectivity index (χ4v) is 3.52. The van der Waals surface area contributed by atoms with E-state index < -0.39 is 0 Å². The first-order valence-corrected chi connectivity index (χ1v) is 10.6. The summed E-state index contributed by atoms with van der Waals surface area (Å²) < 4.78 is 1.34. The molecule has 0 saturated carbocycles. The molecule has 152 valence electrons. The zero-order valence-electron chi connectivity index (χ0n) is 17.2. The maximum absolute atomic E-state index is 12.5. The molecule has 2 heterocycles. The predicted octanol–water partition coefficient (Wildman–Crippen LogP) is 4.72. The molecule has 3 rings (SSSR count). The third kappa shape index (κ3) is 5.17. The van der Waals surface area contributed by atoms with Crippen molar-refractivity contribution in [1.82, 2.24) is 14.8 Å². The zero-order chi connectivity index (χ0) is 21.0. The lowest BCUT2D eigenvalue weighted by atomic mass is 9.86. The van der Waals surface area contributed by atoms with Crippen LogP contribution in [0.4, 0.5) is 5.13 Å². The highest BCUT2D eigenvalue weighted by Crippen LogP contribution is 2.28. The van der Waals surface area contributed by atoms with Gasteiger partial charge in [-0.3, -0.25) is 14.9 Å². The molecule has 1 amide bonds. The Morgan fingerprint density at radius 1 is 1.14 bits per heavy atom. The Bertz CT molecular complexity index is 1050. The predicted molar refractivity (Wildman–Crippen MR) is 118 cm³/mol. The lowest BCUT2D eigenvalue weighted by Gasteiger charge is -2.18. The van der Waals surface area contributed by atoms with E-state index in [0.29, 0.717) is 11.7 Å². The van der Waals surface area contributed by atoms with Crippen LogP contribution in [-0.2, 0) is 12.0 Å². The Balaban J connectivity index is 1.73. The van der Waals surface area contributed by atoms with Gasteiger partial charge in [0.15, 0.2) is 5.13 Å². The molecule has 1 aromatic carbocycles.